The summed E-state index contributed by atoms with van der Waals surface area (Å²) < 4.78 is 5.18. The number of aromatic amines is 1. The molecule has 1 fully saturated rings. The zero-order valence-electron chi connectivity index (χ0n) is 16.3. The van der Waals surface area contributed by atoms with E-state index < -0.39 is 0 Å². The van der Waals surface area contributed by atoms with Crippen LogP contribution in [0.2, 0.25) is 5.02 Å². The number of nitrogens with one attached hydrogen (secondary N) is 1. The van der Waals surface area contributed by atoms with Gasteiger partial charge in [0.2, 0.25) is 0 Å². The highest BCUT2D eigenvalue weighted by molar-refractivity contribution is 6.30. The average Bonchev–Trinajstić information content (AvgIpc) is 3.24. The topological polar surface area (TPSA) is 61.5 Å². The zero-order valence-corrected chi connectivity index (χ0v) is 17.0. The maximum atomic E-state index is 12.9. The number of carbonyl (C=O) groups is 1. The van der Waals surface area contributed by atoms with Gasteiger partial charge in [-0.1, -0.05) is 23.7 Å². The van der Waals surface area contributed by atoms with Crippen LogP contribution in [0.1, 0.15) is 16.1 Å². The highest BCUT2D eigenvalue weighted by atomic mass is 35.5. The van der Waals surface area contributed by atoms with Crippen molar-refractivity contribution in [1.29, 1.82) is 0 Å². The molecule has 1 aromatic heterocycles. The molecule has 1 amide bonds. The van der Waals surface area contributed by atoms with E-state index in [1.54, 1.807) is 7.11 Å². The van der Waals surface area contributed by atoms with E-state index in [9.17, 15) is 4.79 Å². The van der Waals surface area contributed by atoms with Crippen LogP contribution in [-0.4, -0.2) is 59.2 Å². The number of H-pyrrole nitrogens is 1. The summed E-state index contributed by atoms with van der Waals surface area (Å²) in [5, 5.41) is 7.94. The van der Waals surface area contributed by atoms with Crippen LogP contribution in [0, 0.1) is 0 Å². The number of piperazine rings is 1. The normalized spacial score (nSPS) is 14.8. The summed E-state index contributed by atoms with van der Waals surface area (Å²) >= 11 is 6.07. The van der Waals surface area contributed by atoms with Gasteiger partial charge in [0.05, 0.1) is 12.8 Å². The number of halogens is 1. The molecule has 0 saturated carbocycles. The molecule has 1 N–H and O–H groups in total. The lowest BCUT2D eigenvalue weighted by Crippen LogP contribution is -2.48. The number of ether oxygens (including phenoxy) is 1. The Morgan fingerprint density at radius 1 is 1.10 bits per heavy atom. The average molecular weight is 411 g/mol. The Hall–Kier alpha value is -2.83. The number of carbonyl (C=O) groups excluding carboxylic acids is 1. The number of methoxy groups -OCH3 is 1. The van der Waals surface area contributed by atoms with Crippen LogP contribution in [0.4, 0.5) is 0 Å². The molecular weight excluding hydrogens is 388 g/mol. The predicted molar refractivity (Wildman–Crippen MR) is 113 cm³/mol. The van der Waals surface area contributed by atoms with Crippen LogP contribution >= 0.6 is 11.6 Å². The smallest absolute Gasteiger partial charge is 0.271 e. The van der Waals surface area contributed by atoms with Gasteiger partial charge in [-0.3, -0.25) is 14.8 Å². The molecule has 0 bridgehead atoms. The van der Waals surface area contributed by atoms with Crippen LogP contribution in [-0.2, 0) is 6.54 Å². The van der Waals surface area contributed by atoms with E-state index in [2.05, 4.69) is 21.2 Å². The fourth-order valence-corrected chi connectivity index (χ4v) is 3.73. The molecule has 4 rings (SSSR count). The summed E-state index contributed by atoms with van der Waals surface area (Å²) in [5.41, 5.74) is 3.39. The molecule has 2 aromatic carbocycles. The Morgan fingerprint density at radius 2 is 1.86 bits per heavy atom. The minimum Gasteiger partial charge on any atom is -0.497 e. The van der Waals surface area contributed by atoms with Crippen molar-refractivity contribution in [2.24, 2.45) is 0 Å². The molecule has 1 aliphatic heterocycles. The fourth-order valence-electron chi connectivity index (χ4n) is 3.51. The summed E-state index contributed by atoms with van der Waals surface area (Å²) in [4.78, 5) is 17.1. The van der Waals surface area contributed by atoms with Crippen molar-refractivity contribution in [3.63, 3.8) is 0 Å². The lowest BCUT2D eigenvalue weighted by atomic mass is 10.1. The Morgan fingerprint density at radius 3 is 2.55 bits per heavy atom. The molecule has 0 radical (unpaired) electrons. The number of nitrogens with zero attached hydrogens (tertiary/aromatic N) is 3. The van der Waals surface area contributed by atoms with Gasteiger partial charge in [-0.2, -0.15) is 5.10 Å². The Kier molecular flexibility index (Phi) is 5.83. The molecule has 2 heterocycles. The van der Waals surface area contributed by atoms with Gasteiger partial charge in [0.15, 0.2) is 0 Å². The van der Waals surface area contributed by atoms with Crippen molar-refractivity contribution in [1.82, 2.24) is 20.0 Å². The van der Waals surface area contributed by atoms with E-state index in [0.29, 0.717) is 18.8 Å². The first-order valence-electron chi connectivity index (χ1n) is 9.58. The van der Waals surface area contributed by atoms with Gasteiger partial charge in [0, 0.05) is 43.3 Å². The molecular formula is C22H23ClN4O2. The molecule has 150 valence electrons. The summed E-state index contributed by atoms with van der Waals surface area (Å²) in [6.07, 6.45) is 0. The van der Waals surface area contributed by atoms with E-state index in [1.807, 2.05) is 53.4 Å². The zero-order chi connectivity index (χ0) is 20.2. The van der Waals surface area contributed by atoms with Crippen molar-refractivity contribution >= 4 is 17.5 Å². The molecule has 1 aliphatic rings. The lowest BCUT2D eigenvalue weighted by molar-refractivity contribution is 0.0622. The highest BCUT2D eigenvalue weighted by Crippen LogP contribution is 2.22. The number of hydrogen-bond donors (Lipinski definition) is 1. The number of aromatic nitrogens is 2. The number of amides is 1. The molecule has 3 aromatic rings. The molecule has 0 spiro atoms. The lowest BCUT2D eigenvalue weighted by Gasteiger charge is -2.34. The van der Waals surface area contributed by atoms with Crippen molar-refractivity contribution in [3.05, 3.63) is 70.9 Å². The first-order chi connectivity index (χ1) is 14.1. The fraction of sp³-hybridized carbons (Fsp3) is 0.273. The van der Waals surface area contributed by atoms with Gasteiger partial charge in [-0.05, 0) is 48.0 Å². The molecule has 29 heavy (non-hydrogen) atoms. The van der Waals surface area contributed by atoms with Crippen molar-refractivity contribution < 1.29 is 9.53 Å². The monoisotopic (exact) mass is 410 g/mol. The summed E-state index contributed by atoms with van der Waals surface area (Å²) in [6.45, 7) is 3.89. The second-order valence-corrected chi connectivity index (χ2v) is 7.53. The van der Waals surface area contributed by atoms with Gasteiger partial charge < -0.3 is 9.64 Å². The first kappa shape index (κ1) is 19.5. The predicted octanol–water partition coefficient (Wildman–Crippen LogP) is 3.70. The molecule has 6 nitrogen and oxygen atoms in total. The third-order valence-electron chi connectivity index (χ3n) is 5.15. The van der Waals surface area contributed by atoms with Gasteiger partial charge in [0.1, 0.15) is 11.4 Å². The summed E-state index contributed by atoms with van der Waals surface area (Å²) in [5.74, 6) is 0.774. The highest BCUT2D eigenvalue weighted by Gasteiger charge is 2.23. The van der Waals surface area contributed by atoms with Crippen LogP contribution in [0.3, 0.4) is 0 Å². The van der Waals surface area contributed by atoms with Crippen molar-refractivity contribution in [2.45, 2.75) is 6.54 Å². The van der Waals surface area contributed by atoms with E-state index in [-0.39, 0.29) is 5.91 Å². The number of benzene rings is 2. The van der Waals surface area contributed by atoms with Crippen molar-refractivity contribution in [3.8, 4) is 17.0 Å². The number of rotatable bonds is 5. The SMILES string of the molecule is COc1ccc(-c2cc(C(=O)N3CCN(Cc4cccc(Cl)c4)CC3)[nH]n2)cc1. The largest absolute Gasteiger partial charge is 0.497 e. The van der Waals surface area contributed by atoms with Crippen LogP contribution in [0.25, 0.3) is 11.3 Å². The Labute approximate surface area is 175 Å². The molecule has 7 heteroatoms. The van der Waals surface area contributed by atoms with Crippen LogP contribution in [0.5, 0.6) is 5.75 Å². The number of hydrogen-bond acceptors (Lipinski definition) is 4. The maximum Gasteiger partial charge on any atom is 0.271 e. The van der Waals surface area contributed by atoms with Crippen molar-refractivity contribution in [2.75, 3.05) is 33.3 Å². The Bertz CT molecular complexity index is 978. The second-order valence-electron chi connectivity index (χ2n) is 7.09. The van der Waals surface area contributed by atoms with E-state index in [4.69, 9.17) is 16.3 Å². The van der Waals surface area contributed by atoms with Gasteiger partial charge in [-0.15, -0.1) is 0 Å². The minimum atomic E-state index is -0.0142. The van der Waals surface area contributed by atoms with E-state index >= 15 is 0 Å². The molecule has 0 unspecified atom stereocenters. The van der Waals surface area contributed by atoms with E-state index in [1.165, 1.54) is 5.56 Å². The standard InChI is InChI=1S/C22H23ClN4O2/c1-29-19-7-5-17(6-8-19)20-14-21(25-24-20)22(28)27-11-9-26(10-12-27)15-16-3-2-4-18(23)13-16/h2-8,13-14H,9-12,15H2,1H3,(H,24,25). The quantitative estimate of drug-likeness (QED) is 0.696. The summed E-state index contributed by atoms with van der Waals surface area (Å²) in [6, 6.07) is 17.3. The molecule has 0 atom stereocenters. The van der Waals surface area contributed by atoms with Gasteiger partial charge >= 0.3 is 0 Å². The Balaban J connectivity index is 1.35. The molecule has 1 saturated heterocycles. The van der Waals surface area contributed by atoms with E-state index in [0.717, 1.165) is 41.7 Å². The van der Waals surface area contributed by atoms with Crippen LogP contribution in [0.15, 0.2) is 54.6 Å². The first-order valence-corrected chi connectivity index (χ1v) is 9.96. The minimum absolute atomic E-state index is 0.0142. The third-order valence-corrected chi connectivity index (χ3v) is 5.38. The van der Waals surface area contributed by atoms with Gasteiger partial charge in [0.25, 0.3) is 5.91 Å². The van der Waals surface area contributed by atoms with Crippen LogP contribution < -0.4 is 4.74 Å². The molecule has 0 aliphatic carbocycles. The maximum absolute atomic E-state index is 12.9. The summed E-state index contributed by atoms with van der Waals surface area (Å²) in [7, 11) is 1.63. The third kappa shape index (κ3) is 4.60. The second kappa shape index (κ2) is 8.68. The van der Waals surface area contributed by atoms with Gasteiger partial charge in [-0.25, -0.2) is 0 Å².